The normalized spacial score (nSPS) is 10.0. The summed E-state index contributed by atoms with van der Waals surface area (Å²) in [6.07, 6.45) is 3.52. The molecule has 0 bridgehead atoms. The summed E-state index contributed by atoms with van der Waals surface area (Å²) in [6, 6.07) is 7.79. The minimum Gasteiger partial charge on any atom is -0.365 e. The summed E-state index contributed by atoms with van der Waals surface area (Å²) in [5.74, 6) is 0.781. The van der Waals surface area contributed by atoms with Crippen LogP contribution in [-0.2, 0) is 0 Å². The Morgan fingerprint density at radius 1 is 1.29 bits per heavy atom. The van der Waals surface area contributed by atoms with Gasteiger partial charge in [0, 0.05) is 6.54 Å². The molecule has 1 aromatic heterocycles. The second-order valence-corrected chi connectivity index (χ2v) is 2.91. The van der Waals surface area contributed by atoms with Gasteiger partial charge < -0.3 is 5.32 Å². The Hall–Kier alpha value is -1.90. The van der Waals surface area contributed by atoms with Crippen molar-refractivity contribution < 1.29 is 0 Å². The Morgan fingerprint density at radius 2 is 2.07 bits per heavy atom. The molecular formula is C11H11N3. The Morgan fingerprint density at radius 3 is 2.86 bits per heavy atom. The summed E-state index contributed by atoms with van der Waals surface area (Å²) in [6.45, 7) is 4.33. The van der Waals surface area contributed by atoms with Crippen LogP contribution in [0, 0.1) is 0 Å². The summed E-state index contributed by atoms with van der Waals surface area (Å²) >= 11 is 0. The molecule has 0 radical (unpaired) electrons. The van der Waals surface area contributed by atoms with Crippen LogP contribution in [0.3, 0.4) is 0 Å². The molecule has 0 saturated heterocycles. The standard InChI is InChI=1S/C11H11N3/c1-2-7-12-11-8-13-9-5-3-4-6-10(9)14-11/h2-6,8H,1,7H2,(H,12,14). The molecular weight excluding hydrogens is 174 g/mol. The highest BCUT2D eigenvalue weighted by atomic mass is 15.0. The summed E-state index contributed by atoms with van der Waals surface area (Å²) in [7, 11) is 0. The summed E-state index contributed by atoms with van der Waals surface area (Å²) < 4.78 is 0. The molecule has 0 fully saturated rings. The van der Waals surface area contributed by atoms with E-state index in [2.05, 4.69) is 21.9 Å². The second kappa shape index (κ2) is 3.87. The number of anilines is 1. The fourth-order valence-corrected chi connectivity index (χ4v) is 1.22. The van der Waals surface area contributed by atoms with Crippen LogP contribution in [-0.4, -0.2) is 16.5 Å². The van der Waals surface area contributed by atoms with Crippen molar-refractivity contribution in [2.45, 2.75) is 0 Å². The minimum atomic E-state index is 0.701. The number of hydrogen-bond donors (Lipinski definition) is 1. The lowest BCUT2D eigenvalue weighted by atomic mass is 10.3. The molecule has 2 aromatic rings. The number of rotatable bonds is 3. The number of aromatic nitrogens is 2. The number of nitrogens with zero attached hydrogens (tertiary/aromatic N) is 2. The molecule has 1 N–H and O–H groups in total. The summed E-state index contributed by atoms with van der Waals surface area (Å²) in [5.41, 5.74) is 1.82. The molecule has 3 heteroatoms. The quantitative estimate of drug-likeness (QED) is 0.745. The molecule has 3 nitrogen and oxygen atoms in total. The van der Waals surface area contributed by atoms with E-state index >= 15 is 0 Å². The van der Waals surface area contributed by atoms with Crippen molar-refractivity contribution >= 4 is 16.9 Å². The predicted octanol–water partition coefficient (Wildman–Crippen LogP) is 2.23. The monoisotopic (exact) mass is 185 g/mol. The maximum Gasteiger partial charge on any atom is 0.145 e. The van der Waals surface area contributed by atoms with Gasteiger partial charge in [0.15, 0.2) is 0 Å². The van der Waals surface area contributed by atoms with Crippen molar-refractivity contribution in [1.82, 2.24) is 9.97 Å². The Labute approximate surface area is 82.5 Å². The van der Waals surface area contributed by atoms with E-state index in [9.17, 15) is 0 Å². The fourth-order valence-electron chi connectivity index (χ4n) is 1.22. The van der Waals surface area contributed by atoms with Crippen molar-refractivity contribution in [1.29, 1.82) is 0 Å². The topological polar surface area (TPSA) is 37.8 Å². The first-order valence-electron chi connectivity index (χ1n) is 4.47. The van der Waals surface area contributed by atoms with Gasteiger partial charge in [-0.25, -0.2) is 4.98 Å². The molecule has 0 atom stereocenters. The van der Waals surface area contributed by atoms with E-state index < -0.39 is 0 Å². The van der Waals surface area contributed by atoms with Crippen LogP contribution in [0.4, 0.5) is 5.82 Å². The first kappa shape index (κ1) is 8.69. The largest absolute Gasteiger partial charge is 0.365 e. The van der Waals surface area contributed by atoms with E-state index in [0.717, 1.165) is 16.9 Å². The molecule has 0 spiro atoms. The van der Waals surface area contributed by atoms with Crippen molar-refractivity contribution in [3.05, 3.63) is 43.1 Å². The van der Waals surface area contributed by atoms with Crippen LogP contribution >= 0.6 is 0 Å². The van der Waals surface area contributed by atoms with Gasteiger partial charge in [-0.15, -0.1) is 6.58 Å². The van der Waals surface area contributed by atoms with Crippen LogP contribution in [0.2, 0.25) is 0 Å². The first-order valence-corrected chi connectivity index (χ1v) is 4.47. The lowest BCUT2D eigenvalue weighted by Gasteiger charge is -2.02. The number of nitrogens with one attached hydrogen (secondary N) is 1. The van der Waals surface area contributed by atoms with Crippen molar-refractivity contribution in [2.75, 3.05) is 11.9 Å². The Bertz CT molecular complexity index is 451. The van der Waals surface area contributed by atoms with Gasteiger partial charge in [0.25, 0.3) is 0 Å². The highest BCUT2D eigenvalue weighted by Gasteiger charge is 1.96. The highest BCUT2D eigenvalue weighted by molar-refractivity contribution is 5.75. The maximum absolute atomic E-state index is 4.39. The van der Waals surface area contributed by atoms with Crippen molar-refractivity contribution in [3.63, 3.8) is 0 Å². The van der Waals surface area contributed by atoms with E-state index in [-0.39, 0.29) is 0 Å². The third kappa shape index (κ3) is 1.71. The molecule has 14 heavy (non-hydrogen) atoms. The third-order valence-electron chi connectivity index (χ3n) is 1.88. The van der Waals surface area contributed by atoms with Gasteiger partial charge in [-0.3, -0.25) is 4.98 Å². The molecule has 70 valence electrons. The van der Waals surface area contributed by atoms with E-state index in [1.54, 1.807) is 12.3 Å². The zero-order valence-corrected chi connectivity index (χ0v) is 7.77. The summed E-state index contributed by atoms with van der Waals surface area (Å²) in [5, 5.41) is 3.09. The van der Waals surface area contributed by atoms with Gasteiger partial charge in [-0.1, -0.05) is 18.2 Å². The third-order valence-corrected chi connectivity index (χ3v) is 1.88. The van der Waals surface area contributed by atoms with Crippen molar-refractivity contribution in [2.24, 2.45) is 0 Å². The van der Waals surface area contributed by atoms with Gasteiger partial charge in [0.2, 0.25) is 0 Å². The fraction of sp³-hybridized carbons (Fsp3) is 0.0909. The van der Waals surface area contributed by atoms with Crippen LogP contribution in [0.5, 0.6) is 0 Å². The minimum absolute atomic E-state index is 0.701. The highest BCUT2D eigenvalue weighted by Crippen LogP contribution is 2.10. The number of hydrogen-bond acceptors (Lipinski definition) is 3. The molecule has 0 saturated carbocycles. The molecule has 0 unspecified atom stereocenters. The zero-order chi connectivity index (χ0) is 9.80. The molecule has 0 aliphatic heterocycles. The average molecular weight is 185 g/mol. The second-order valence-electron chi connectivity index (χ2n) is 2.91. The van der Waals surface area contributed by atoms with Crippen LogP contribution in [0.25, 0.3) is 11.0 Å². The molecule has 0 amide bonds. The van der Waals surface area contributed by atoms with Crippen molar-refractivity contribution in [3.8, 4) is 0 Å². The zero-order valence-electron chi connectivity index (χ0n) is 7.77. The molecule has 1 heterocycles. The van der Waals surface area contributed by atoms with E-state index in [1.165, 1.54) is 0 Å². The molecule has 0 aliphatic carbocycles. The van der Waals surface area contributed by atoms with E-state index in [4.69, 9.17) is 0 Å². The number of fused-ring (bicyclic) bond motifs is 1. The SMILES string of the molecule is C=CCNc1cnc2ccccc2n1. The predicted molar refractivity (Wildman–Crippen MR) is 58.2 cm³/mol. The first-order chi connectivity index (χ1) is 6.90. The van der Waals surface area contributed by atoms with Crippen LogP contribution < -0.4 is 5.32 Å². The maximum atomic E-state index is 4.39. The lowest BCUT2D eigenvalue weighted by molar-refractivity contribution is 1.22. The smallest absolute Gasteiger partial charge is 0.145 e. The molecule has 1 aromatic carbocycles. The molecule has 2 rings (SSSR count). The van der Waals surface area contributed by atoms with Crippen LogP contribution in [0.15, 0.2) is 43.1 Å². The van der Waals surface area contributed by atoms with E-state index in [0.29, 0.717) is 6.54 Å². The summed E-state index contributed by atoms with van der Waals surface area (Å²) in [4.78, 5) is 8.67. The van der Waals surface area contributed by atoms with Crippen LogP contribution in [0.1, 0.15) is 0 Å². The van der Waals surface area contributed by atoms with Gasteiger partial charge in [-0.05, 0) is 12.1 Å². The van der Waals surface area contributed by atoms with Gasteiger partial charge in [-0.2, -0.15) is 0 Å². The van der Waals surface area contributed by atoms with Gasteiger partial charge in [0.1, 0.15) is 5.82 Å². The lowest BCUT2D eigenvalue weighted by Crippen LogP contribution is -2.00. The van der Waals surface area contributed by atoms with Gasteiger partial charge >= 0.3 is 0 Å². The number of benzene rings is 1. The Balaban J connectivity index is 2.36. The van der Waals surface area contributed by atoms with E-state index in [1.807, 2.05) is 24.3 Å². The molecule has 0 aliphatic rings. The van der Waals surface area contributed by atoms with Gasteiger partial charge in [0.05, 0.1) is 17.2 Å². The Kier molecular flexibility index (Phi) is 2.40. The number of para-hydroxylation sites is 2. The average Bonchev–Trinajstić information content (AvgIpc) is 2.26.